The highest BCUT2D eigenvalue weighted by molar-refractivity contribution is 5.93. The SMILES string of the molecule is COc1ccc(CNC(=O)N2[C@H]3CN(CCc4ccccc4)C(=O)[C@H](CCC(=O)O)C3C(=O)CN2C)cc1. The van der Waals surface area contributed by atoms with Gasteiger partial charge in [-0.2, -0.15) is 0 Å². The van der Waals surface area contributed by atoms with E-state index in [1.807, 2.05) is 54.6 Å². The summed E-state index contributed by atoms with van der Waals surface area (Å²) >= 11 is 0. The van der Waals surface area contributed by atoms with Crippen LogP contribution in [-0.4, -0.2) is 83.5 Å². The summed E-state index contributed by atoms with van der Waals surface area (Å²) in [5, 5.41) is 15.4. The first-order valence-corrected chi connectivity index (χ1v) is 12.8. The maximum absolute atomic E-state index is 13.5. The van der Waals surface area contributed by atoms with Gasteiger partial charge in [0.15, 0.2) is 5.78 Å². The zero-order valence-corrected chi connectivity index (χ0v) is 21.7. The van der Waals surface area contributed by atoms with Crippen LogP contribution < -0.4 is 10.1 Å². The summed E-state index contributed by atoms with van der Waals surface area (Å²) in [6.07, 6.45) is 0.440. The van der Waals surface area contributed by atoms with Gasteiger partial charge in [-0.15, -0.1) is 0 Å². The zero-order valence-electron chi connectivity index (χ0n) is 21.7. The van der Waals surface area contributed by atoms with Crippen molar-refractivity contribution in [2.75, 3.05) is 33.8 Å². The average molecular weight is 523 g/mol. The normalized spacial score (nSPS) is 21.7. The number of fused-ring (bicyclic) bond motifs is 1. The first-order valence-electron chi connectivity index (χ1n) is 12.8. The quantitative estimate of drug-likeness (QED) is 0.518. The minimum Gasteiger partial charge on any atom is -0.497 e. The van der Waals surface area contributed by atoms with Crippen LogP contribution in [0.4, 0.5) is 4.79 Å². The highest BCUT2D eigenvalue weighted by Gasteiger charge is 2.52. The number of hydrogen-bond donors (Lipinski definition) is 2. The van der Waals surface area contributed by atoms with Crippen LogP contribution in [0.5, 0.6) is 5.75 Å². The van der Waals surface area contributed by atoms with E-state index >= 15 is 0 Å². The molecule has 0 spiro atoms. The molecule has 0 radical (unpaired) electrons. The number of hydrazine groups is 1. The van der Waals surface area contributed by atoms with E-state index in [9.17, 15) is 24.3 Å². The fraction of sp³-hybridized carbons (Fsp3) is 0.429. The second kappa shape index (κ2) is 12.1. The number of ketones is 1. The largest absolute Gasteiger partial charge is 0.497 e. The van der Waals surface area contributed by atoms with E-state index in [0.29, 0.717) is 18.7 Å². The number of urea groups is 1. The Hall–Kier alpha value is -3.92. The molecule has 2 aromatic carbocycles. The number of methoxy groups -OCH3 is 1. The fourth-order valence-electron chi connectivity index (χ4n) is 5.41. The van der Waals surface area contributed by atoms with Crippen LogP contribution in [0.3, 0.4) is 0 Å². The number of carboxylic acids is 1. The number of piperidine rings is 1. The minimum atomic E-state index is -1.02. The van der Waals surface area contributed by atoms with Crippen molar-refractivity contribution in [3.8, 4) is 5.75 Å². The van der Waals surface area contributed by atoms with E-state index < -0.39 is 23.8 Å². The zero-order chi connectivity index (χ0) is 27.2. The van der Waals surface area contributed by atoms with E-state index in [2.05, 4.69) is 5.32 Å². The molecule has 2 aliphatic heterocycles. The number of rotatable bonds is 9. The van der Waals surface area contributed by atoms with Crippen molar-refractivity contribution in [2.45, 2.75) is 31.8 Å². The molecule has 10 heteroatoms. The summed E-state index contributed by atoms with van der Waals surface area (Å²) in [5.41, 5.74) is 1.95. The van der Waals surface area contributed by atoms with E-state index in [4.69, 9.17) is 4.74 Å². The van der Waals surface area contributed by atoms with Crippen molar-refractivity contribution in [1.82, 2.24) is 20.2 Å². The maximum atomic E-state index is 13.5. The molecule has 4 rings (SSSR count). The Bertz CT molecular complexity index is 1160. The van der Waals surface area contributed by atoms with Crippen LogP contribution in [-0.2, 0) is 27.3 Å². The Morgan fingerprint density at radius 3 is 2.42 bits per heavy atom. The third kappa shape index (κ3) is 6.13. The number of hydrogen-bond acceptors (Lipinski definition) is 6. The Balaban J connectivity index is 1.55. The van der Waals surface area contributed by atoms with E-state index in [1.54, 1.807) is 24.1 Å². The molecular formula is C28H34N4O6. The Morgan fingerprint density at radius 1 is 1.05 bits per heavy atom. The van der Waals surface area contributed by atoms with Gasteiger partial charge in [0.25, 0.3) is 0 Å². The molecule has 0 saturated carbocycles. The minimum absolute atomic E-state index is 0.0298. The summed E-state index contributed by atoms with van der Waals surface area (Å²) in [6.45, 7) is 0.858. The summed E-state index contributed by atoms with van der Waals surface area (Å²) < 4.78 is 5.18. The molecule has 2 saturated heterocycles. The lowest BCUT2D eigenvalue weighted by molar-refractivity contribution is -0.166. The van der Waals surface area contributed by atoms with Crippen LogP contribution in [0.25, 0.3) is 0 Å². The summed E-state index contributed by atoms with van der Waals surface area (Å²) in [6, 6.07) is 16.1. The Labute approximate surface area is 222 Å². The molecular weight excluding hydrogens is 488 g/mol. The number of nitrogens with one attached hydrogen (secondary N) is 1. The van der Waals surface area contributed by atoms with E-state index in [1.165, 1.54) is 5.01 Å². The molecule has 1 unspecified atom stereocenters. The Morgan fingerprint density at radius 2 is 1.76 bits per heavy atom. The topological polar surface area (TPSA) is 119 Å². The monoisotopic (exact) mass is 522 g/mol. The van der Waals surface area contributed by atoms with Crippen molar-refractivity contribution < 1.29 is 29.0 Å². The number of aliphatic carboxylic acids is 1. The van der Waals surface area contributed by atoms with Gasteiger partial charge >= 0.3 is 12.0 Å². The molecule has 2 heterocycles. The highest BCUT2D eigenvalue weighted by Crippen LogP contribution is 2.36. The average Bonchev–Trinajstić information content (AvgIpc) is 2.91. The molecule has 202 valence electrons. The summed E-state index contributed by atoms with van der Waals surface area (Å²) in [4.78, 5) is 53.2. The van der Waals surface area contributed by atoms with Crippen molar-refractivity contribution in [3.63, 3.8) is 0 Å². The number of carbonyl (C=O) groups is 4. The highest BCUT2D eigenvalue weighted by atomic mass is 16.5. The summed E-state index contributed by atoms with van der Waals surface area (Å²) in [7, 11) is 3.26. The molecule has 10 nitrogen and oxygen atoms in total. The number of likely N-dealkylation sites (tertiary alicyclic amines) is 1. The first kappa shape index (κ1) is 27.1. The molecule has 3 amide bonds. The molecule has 0 aromatic heterocycles. The number of carbonyl (C=O) groups excluding carboxylic acids is 3. The van der Waals surface area contributed by atoms with Crippen molar-refractivity contribution in [1.29, 1.82) is 0 Å². The van der Waals surface area contributed by atoms with Gasteiger partial charge in [0, 0.05) is 33.1 Å². The number of ether oxygens (including phenoxy) is 1. The van der Waals surface area contributed by atoms with Gasteiger partial charge in [0.2, 0.25) is 5.91 Å². The van der Waals surface area contributed by atoms with Crippen molar-refractivity contribution >= 4 is 23.7 Å². The lowest BCUT2D eigenvalue weighted by Crippen LogP contribution is -2.70. The van der Waals surface area contributed by atoms with Gasteiger partial charge in [-0.1, -0.05) is 42.5 Å². The number of carboxylic acid groups (broad SMARTS) is 1. The lowest BCUT2D eigenvalue weighted by Gasteiger charge is -2.52. The smallest absolute Gasteiger partial charge is 0.332 e. The molecule has 2 aliphatic rings. The second-order valence-corrected chi connectivity index (χ2v) is 9.79. The van der Waals surface area contributed by atoms with Crippen molar-refractivity contribution in [2.24, 2.45) is 11.8 Å². The van der Waals surface area contributed by atoms with Crippen LogP contribution in [0.2, 0.25) is 0 Å². The third-order valence-corrected chi connectivity index (χ3v) is 7.32. The van der Waals surface area contributed by atoms with E-state index in [0.717, 1.165) is 11.1 Å². The number of benzene rings is 2. The lowest BCUT2D eigenvalue weighted by atomic mass is 9.74. The molecule has 0 bridgehead atoms. The number of Topliss-reactive ketones (excluding diaryl/α,β-unsaturated/α-hetero) is 1. The molecule has 3 atom stereocenters. The predicted molar refractivity (Wildman–Crippen MR) is 139 cm³/mol. The van der Waals surface area contributed by atoms with Crippen molar-refractivity contribution in [3.05, 3.63) is 65.7 Å². The van der Waals surface area contributed by atoms with Crippen LogP contribution in [0.1, 0.15) is 24.0 Å². The van der Waals surface area contributed by atoms with Crippen LogP contribution >= 0.6 is 0 Å². The van der Waals surface area contributed by atoms with Crippen LogP contribution in [0, 0.1) is 11.8 Å². The molecule has 2 N–H and O–H groups in total. The predicted octanol–water partition coefficient (Wildman–Crippen LogP) is 2.19. The molecule has 0 aliphatic carbocycles. The molecule has 2 fully saturated rings. The van der Waals surface area contributed by atoms with Gasteiger partial charge in [-0.05, 0) is 36.1 Å². The van der Waals surface area contributed by atoms with Gasteiger partial charge < -0.3 is 20.1 Å². The van der Waals surface area contributed by atoms with Gasteiger partial charge in [-0.3, -0.25) is 19.4 Å². The Kier molecular flexibility index (Phi) is 8.62. The molecule has 2 aromatic rings. The van der Waals surface area contributed by atoms with Crippen LogP contribution in [0.15, 0.2) is 54.6 Å². The van der Waals surface area contributed by atoms with Gasteiger partial charge in [-0.25, -0.2) is 9.80 Å². The number of nitrogens with zero attached hydrogens (tertiary/aromatic N) is 3. The first-order chi connectivity index (χ1) is 18.3. The van der Waals surface area contributed by atoms with E-state index in [-0.39, 0.29) is 50.2 Å². The number of amides is 3. The standard InChI is InChI=1S/C28H34N4O6/c1-30-18-24(33)26-22(12-13-25(34)35)27(36)31(15-14-19-6-4-3-5-7-19)17-23(26)32(30)28(37)29-16-20-8-10-21(38-2)11-9-20/h3-11,22-23,26H,12-18H2,1-2H3,(H,29,37)(H,34,35)/t22-,23+,26?/m1/s1. The van der Waals surface area contributed by atoms with Gasteiger partial charge in [0.05, 0.1) is 31.5 Å². The molecule has 38 heavy (non-hydrogen) atoms. The third-order valence-electron chi connectivity index (χ3n) is 7.32. The summed E-state index contributed by atoms with van der Waals surface area (Å²) in [5.74, 6) is -2.23. The van der Waals surface area contributed by atoms with Gasteiger partial charge in [0.1, 0.15) is 5.75 Å². The number of likely N-dealkylation sites (N-methyl/N-ethyl adjacent to an activating group) is 1. The fourth-order valence-corrected chi connectivity index (χ4v) is 5.41. The second-order valence-electron chi connectivity index (χ2n) is 9.79. The maximum Gasteiger partial charge on any atom is 0.332 e.